The maximum atomic E-state index is 6.42. The van der Waals surface area contributed by atoms with Crippen molar-refractivity contribution in [2.45, 2.75) is 70.5 Å². The Balaban J connectivity index is 1.89. The highest BCUT2D eigenvalue weighted by molar-refractivity contribution is 4.91. The van der Waals surface area contributed by atoms with Crippen LogP contribution in [0.15, 0.2) is 0 Å². The molecule has 2 rings (SSSR count). The van der Waals surface area contributed by atoms with Crippen molar-refractivity contribution in [2.24, 2.45) is 11.8 Å². The number of rotatable bonds is 5. The molecule has 17 heavy (non-hydrogen) atoms. The van der Waals surface area contributed by atoms with E-state index in [9.17, 15) is 0 Å². The zero-order valence-electron chi connectivity index (χ0n) is 11.8. The van der Waals surface area contributed by atoms with Gasteiger partial charge in [-0.15, -0.1) is 0 Å². The minimum Gasteiger partial charge on any atom is -0.370 e. The molecule has 0 saturated heterocycles. The van der Waals surface area contributed by atoms with Crippen LogP contribution in [0.1, 0.15) is 58.8 Å². The maximum Gasteiger partial charge on any atom is 0.0810 e. The van der Waals surface area contributed by atoms with E-state index in [4.69, 9.17) is 4.74 Å². The largest absolute Gasteiger partial charge is 0.370 e. The van der Waals surface area contributed by atoms with E-state index in [0.717, 1.165) is 18.4 Å². The Kier molecular flexibility index (Phi) is 4.48. The number of likely N-dealkylation sites (N-methyl/N-ethyl adjacent to an activating group) is 1. The van der Waals surface area contributed by atoms with Gasteiger partial charge in [0.15, 0.2) is 0 Å². The molecular formula is C15H29NO. The molecule has 0 aromatic carbocycles. The van der Waals surface area contributed by atoms with Crippen molar-refractivity contribution in [3.63, 3.8) is 0 Å². The zero-order valence-corrected chi connectivity index (χ0v) is 11.8. The summed E-state index contributed by atoms with van der Waals surface area (Å²) in [5.74, 6) is 1.76. The molecule has 100 valence electrons. The summed E-state index contributed by atoms with van der Waals surface area (Å²) < 4.78 is 6.42. The Morgan fingerprint density at radius 2 is 1.82 bits per heavy atom. The first-order valence-electron chi connectivity index (χ1n) is 7.48. The molecule has 0 aliphatic heterocycles. The van der Waals surface area contributed by atoms with Gasteiger partial charge in [-0.25, -0.2) is 0 Å². The molecule has 0 amide bonds. The molecule has 0 bridgehead atoms. The van der Waals surface area contributed by atoms with Crippen molar-refractivity contribution in [3.05, 3.63) is 0 Å². The fourth-order valence-electron chi connectivity index (χ4n) is 3.33. The van der Waals surface area contributed by atoms with Crippen LogP contribution in [-0.2, 0) is 4.74 Å². The molecule has 0 radical (unpaired) electrons. The van der Waals surface area contributed by atoms with Gasteiger partial charge in [-0.3, -0.25) is 0 Å². The molecule has 1 N–H and O–H groups in total. The Morgan fingerprint density at radius 1 is 1.18 bits per heavy atom. The molecule has 0 unspecified atom stereocenters. The van der Waals surface area contributed by atoms with Crippen molar-refractivity contribution in [1.82, 2.24) is 5.32 Å². The monoisotopic (exact) mass is 239 g/mol. The van der Waals surface area contributed by atoms with Crippen LogP contribution in [0.4, 0.5) is 0 Å². The van der Waals surface area contributed by atoms with Crippen LogP contribution in [0.5, 0.6) is 0 Å². The van der Waals surface area contributed by atoms with Crippen LogP contribution in [0.3, 0.4) is 0 Å². The number of hydrogen-bond acceptors (Lipinski definition) is 2. The fourth-order valence-corrected chi connectivity index (χ4v) is 3.33. The SMILES string of the molecule is CNCC1(OC2CCC2)CCC(C(C)C)CC1. The molecular weight excluding hydrogens is 210 g/mol. The molecule has 0 spiro atoms. The van der Waals surface area contributed by atoms with Gasteiger partial charge in [0, 0.05) is 6.54 Å². The first-order valence-corrected chi connectivity index (χ1v) is 7.48. The first-order chi connectivity index (χ1) is 8.15. The highest BCUT2D eigenvalue weighted by Crippen LogP contribution is 2.40. The Morgan fingerprint density at radius 3 is 2.24 bits per heavy atom. The molecule has 2 fully saturated rings. The summed E-state index contributed by atoms with van der Waals surface area (Å²) in [6.07, 6.45) is 9.74. The summed E-state index contributed by atoms with van der Waals surface area (Å²) >= 11 is 0. The van der Waals surface area contributed by atoms with E-state index in [-0.39, 0.29) is 5.60 Å². The Hall–Kier alpha value is -0.0800. The highest BCUT2D eigenvalue weighted by atomic mass is 16.5. The van der Waals surface area contributed by atoms with E-state index in [1.165, 1.54) is 44.9 Å². The average molecular weight is 239 g/mol. The predicted octanol–water partition coefficient (Wildman–Crippen LogP) is 3.36. The lowest BCUT2D eigenvalue weighted by Gasteiger charge is -2.45. The molecule has 2 heteroatoms. The lowest BCUT2D eigenvalue weighted by Crippen LogP contribution is -2.48. The molecule has 0 aromatic heterocycles. The second-order valence-electron chi connectivity index (χ2n) is 6.47. The maximum absolute atomic E-state index is 6.42. The van der Waals surface area contributed by atoms with Gasteiger partial charge >= 0.3 is 0 Å². The molecule has 2 aliphatic carbocycles. The van der Waals surface area contributed by atoms with E-state index in [1.807, 2.05) is 0 Å². The number of nitrogens with one attached hydrogen (secondary N) is 1. The minimum atomic E-state index is 0.158. The fraction of sp³-hybridized carbons (Fsp3) is 1.00. The smallest absolute Gasteiger partial charge is 0.0810 e. The lowest BCUT2D eigenvalue weighted by atomic mass is 9.74. The van der Waals surface area contributed by atoms with Gasteiger partial charge in [0.1, 0.15) is 0 Å². The standard InChI is InChI=1S/C15H29NO/c1-12(2)13-7-9-15(10-8-13,11-16-3)17-14-5-4-6-14/h12-14,16H,4-11H2,1-3H3. The third kappa shape index (κ3) is 3.23. The Labute approximate surface area is 107 Å². The molecule has 2 saturated carbocycles. The van der Waals surface area contributed by atoms with E-state index in [0.29, 0.717) is 6.10 Å². The van der Waals surface area contributed by atoms with Crippen LogP contribution in [0.2, 0.25) is 0 Å². The number of ether oxygens (including phenoxy) is 1. The third-order valence-electron chi connectivity index (χ3n) is 4.85. The van der Waals surface area contributed by atoms with Crippen molar-refractivity contribution in [2.75, 3.05) is 13.6 Å². The van der Waals surface area contributed by atoms with Gasteiger partial charge < -0.3 is 10.1 Å². The second kappa shape index (κ2) is 5.71. The van der Waals surface area contributed by atoms with Crippen LogP contribution in [-0.4, -0.2) is 25.3 Å². The summed E-state index contributed by atoms with van der Waals surface area (Å²) in [6, 6.07) is 0. The second-order valence-corrected chi connectivity index (χ2v) is 6.47. The van der Waals surface area contributed by atoms with Gasteiger partial charge in [0.25, 0.3) is 0 Å². The predicted molar refractivity (Wildman–Crippen MR) is 72.2 cm³/mol. The van der Waals surface area contributed by atoms with Gasteiger partial charge in [-0.1, -0.05) is 13.8 Å². The normalized spacial score (nSPS) is 34.9. The quantitative estimate of drug-likeness (QED) is 0.794. The van der Waals surface area contributed by atoms with Crippen molar-refractivity contribution >= 4 is 0 Å². The van der Waals surface area contributed by atoms with Crippen molar-refractivity contribution < 1.29 is 4.74 Å². The van der Waals surface area contributed by atoms with Crippen molar-refractivity contribution in [1.29, 1.82) is 0 Å². The lowest BCUT2D eigenvalue weighted by molar-refractivity contribution is -0.142. The Bertz CT molecular complexity index is 227. The van der Waals surface area contributed by atoms with E-state index >= 15 is 0 Å². The minimum absolute atomic E-state index is 0.158. The van der Waals surface area contributed by atoms with Crippen LogP contribution in [0.25, 0.3) is 0 Å². The molecule has 2 aliphatic rings. The summed E-state index contributed by atoms with van der Waals surface area (Å²) in [5.41, 5.74) is 0.158. The van der Waals surface area contributed by atoms with E-state index in [2.05, 4.69) is 26.2 Å². The number of hydrogen-bond donors (Lipinski definition) is 1. The van der Waals surface area contributed by atoms with Gasteiger partial charge in [-0.05, 0) is 63.8 Å². The molecule has 0 heterocycles. The van der Waals surface area contributed by atoms with Gasteiger partial charge in [0.05, 0.1) is 11.7 Å². The zero-order chi connectivity index (χ0) is 12.3. The van der Waals surface area contributed by atoms with Crippen molar-refractivity contribution in [3.8, 4) is 0 Å². The summed E-state index contributed by atoms with van der Waals surface area (Å²) in [7, 11) is 2.06. The van der Waals surface area contributed by atoms with Crippen LogP contribution >= 0.6 is 0 Å². The van der Waals surface area contributed by atoms with Gasteiger partial charge in [-0.2, -0.15) is 0 Å². The highest BCUT2D eigenvalue weighted by Gasteiger charge is 2.39. The topological polar surface area (TPSA) is 21.3 Å². The van der Waals surface area contributed by atoms with Gasteiger partial charge in [0.2, 0.25) is 0 Å². The molecule has 2 nitrogen and oxygen atoms in total. The first kappa shape index (κ1) is 13.4. The molecule has 0 atom stereocenters. The van der Waals surface area contributed by atoms with Crippen LogP contribution < -0.4 is 5.32 Å². The van der Waals surface area contributed by atoms with E-state index in [1.54, 1.807) is 0 Å². The summed E-state index contributed by atoms with van der Waals surface area (Å²) in [4.78, 5) is 0. The van der Waals surface area contributed by atoms with E-state index < -0.39 is 0 Å². The van der Waals surface area contributed by atoms with Crippen LogP contribution in [0, 0.1) is 11.8 Å². The third-order valence-corrected chi connectivity index (χ3v) is 4.85. The molecule has 0 aromatic rings. The summed E-state index contributed by atoms with van der Waals surface area (Å²) in [6.45, 7) is 5.76. The average Bonchev–Trinajstić information content (AvgIpc) is 2.25. The summed E-state index contributed by atoms with van der Waals surface area (Å²) in [5, 5.41) is 3.35.